The van der Waals surface area contributed by atoms with Gasteiger partial charge in [0, 0.05) is 9.37 Å². The maximum absolute atomic E-state index is 11.8. The third kappa shape index (κ3) is 2.66. The van der Waals surface area contributed by atoms with Crippen LogP contribution in [0.5, 0.6) is 0 Å². The lowest BCUT2D eigenvalue weighted by Gasteiger charge is -2.06. The fraction of sp³-hybridized carbons (Fsp3) is 0.300. The van der Waals surface area contributed by atoms with Gasteiger partial charge in [0.1, 0.15) is 5.25 Å². The molecule has 0 aliphatic carbocycles. The van der Waals surface area contributed by atoms with Crippen molar-refractivity contribution in [3.8, 4) is 6.07 Å². The Balaban J connectivity index is 2.95. The van der Waals surface area contributed by atoms with Crippen molar-refractivity contribution < 1.29 is 4.21 Å². The van der Waals surface area contributed by atoms with Crippen LogP contribution in [-0.2, 0) is 10.8 Å². The van der Waals surface area contributed by atoms with Gasteiger partial charge < -0.3 is 0 Å². The van der Waals surface area contributed by atoms with Gasteiger partial charge in [-0.25, -0.2) is 0 Å². The minimum Gasteiger partial charge on any atom is -0.253 e. The van der Waals surface area contributed by atoms with Crippen molar-refractivity contribution in [3.63, 3.8) is 0 Å². The molecule has 2 atom stereocenters. The number of benzene rings is 1. The van der Waals surface area contributed by atoms with Gasteiger partial charge in [0.05, 0.1) is 16.9 Å². The highest BCUT2D eigenvalue weighted by molar-refractivity contribution is 9.10. The predicted molar refractivity (Wildman–Crippen MR) is 60.2 cm³/mol. The topological polar surface area (TPSA) is 40.9 Å². The minimum atomic E-state index is -1.22. The van der Waals surface area contributed by atoms with E-state index in [-0.39, 0.29) is 0 Å². The van der Waals surface area contributed by atoms with Crippen LogP contribution in [0, 0.1) is 11.3 Å². The van der Waals surface area contributed by atoms with Gasteiger partial charge in [-0.15, -0.1) is 0 Å². The molecule has 74 valence electrons. The highest BCUT2D eigenvalue weighted by Crippen LogP contribution is 2.18. The molecule has 0 spiro atoms. The number of hydrogen-bond donors (Lipinski definition) is 0. The molecule has 0 heterocycles. The van der Waals surface area contributed by atoms with Crippen LogP contribution in [0.3, 0.4) is 0 Å². The molecule has 2 unspecified atom stereocenters. The second-order valence-electron chi connectivity index (χ2n) is 2.78. The smallest absolute Gasteiger partial charge is 0.126 e. The Hall–Kier alpha value is -0.660. The summed E-state index contributed by atoms with van der Waals surface area (Å²) >= 11 is 3.31. The van der Waals surface area contributed by atoms with Gasteiger partial charge in [-0.2, -0.15) is 5.26 Å². The first-order chi connectivity index (χ1) is 6.69. The van der Waals surface area contributed by atoms with Gasteiger partial charge in [0.15, 0.2) is 0 Å². The second kappa shape index (κ2) is 5.28. The van der Waals surface area contributed by atoms with Crippen LogP contribution in [0.4, 0.5) is 0 Å². The molecule has 0 aromatic heterocycles. The summed E-state index contributed by atoms with van der Waals surface area (Å²) in [5, 5.41) is 8.36. The largest absolute Gasteiger partial charge is 0.253 e. The molecule has 14 heavy (non-hydrogen) atoms. The summed E-state index contributed by atoms with van der Waals surface area (Å²) in [5.74, 6) is 0. The van der Waals surface area contributed by atoms with Gasteiger partial charge in [0.2, 0.25) is 0 Å². The zero-order valence-corrected chi connectivity index (χ0v) is 10.1. The van der Waals surface area contributed by atoms with Crippen LogP contribution in [0.15, 0.2) is 33.6 Å². The van der Waals surface area contributed by atoms with Crippen LogP contribution in [0.25, 0.3) is 0 Å². The van der Waals surface area contributed by atoms with Gasteiger partial charge in [-0.05, 0) is 24.6 Å². The molecule has 4 heteroatoms. The number of nitriles is 1. The van der Waals surface area contributed by atoms with E-state index < -0.39 is 16.0 Å². The molecule has 0 radical (unpaired) electrons. The molecule has 2 nitrogen and oxygen atoms in total. The molecular formula is C10H10BrNOS. The lowest BCUT2D eigenvalue weighted by molar-refractivity contribution is 0.676. The Morgan fingerprint density at radius 2 is 2.36 bits per heavy atom. The molecular weight excluding hydrogens is 262 g/mol. The van der Waals surface area contributed by atoms with Crippen molar-refractivity contribution >= 4 is 26.7 Å². The van der Waals surface area contributed by atoms with E-state index in [2.05, 4.69) is 22.0 Å². The van der Waals surface area contributed by atoms with Gasteiger partial charge >= 0.3 is 0 Å². The predicted octanol–water partition coefficient (Wildman–Crippen LogP) is 2.86. The average Bonchev–Trinajstić information content (AvgIpc) is 2.19. The molecule has 1 aromatic carbocycles. The molecule has 0 N–H and O–H groups in total. The van der Waals surface area contributed by atoms with Gasteiger partial charge in [-0.1, -0.05) is 28.9 Å². The minimum absolute atomic E-state index is 0.413. The zero-order chi connectivity index (χ0) is 10.6. The number of rotatable bonds is 3. The SMILES string of the molecule is CCC(C#N)S(=O)c1cccc(Br)c1. The first kappa shape index (κ1) is 11.4. The Morgan fingerprint density at radius 1 is 1.64 bits per heavy atom. The molecule has 0 saturated heterocycles. The summed E-state index contributed by atoms with van der Waals surface area (Å²) in [6.07, 6.45) is 0.607. The van der Waals surface area contributed by atoms with Gasteiger partial charge in [0.25, 0.3) is 0 Å². The molecule has 0 aliphatic rings. The number of hydrogen-bond acceptors (Lipinski definition) is 2. The van der Waals surface area contributed by atoms with Crippen molar-refractivity contribution in [1.29, 1.82) is 5.26 Å². The standard InChI is InChI=1S/C10H10BrNOS/c1-2-9(7-12)14(13)10-5-3-4-8(11)6-10/h3-6,9H,2H2,1H3. The molecule has 1 aromatic rings. The van der Waals surface area contributed by atoms with E-state index in [1.165, 1.54) is 0 Å². The first-order valence-electron chi connectivity index (χ1n) is 4.24. The summed E-state index contributed by atoms with van der Waals surface area (Å²) in [6, 6.07) is 9.31. The summed E-state index contributed by atoms with van der Waals surface area (Å²) < 4.78 is 12.7. The second-order valence-corrected chi connectivity index (χ2v) is 5.33. The molecule has 0 bridgehead atoms. The van der Waals surface area contributed by atoms with Crippen molar-refractivity contribution in [2.75, 3.05) is 0 Å². The quantitative estimate of drug-likeness (QED) is 0.848. The molecule has 0 saturated carbocycles. The summed E-state index contributed by atoms with van der Waals surface area (Å²) in [6.45, 7) is 1.86. The number of halogens is 1. The van der Waals surface area contributed by atoms with Crippen LogP contribution < -0.4 is 0 Å². The normalized spacial score (nSPS) is 14.4. The summed E-state index contributed by atoms with van der Waals surface area (Å²) in [5.41, 5.74) is 0. The fourth-order valence-corrected chi connectivity index (χ4v) is 2.78. The highest BCUT2D eigenvalue weighted by Gasteiger charge is 2.15. The molecule has 1 rings (SSSR count). The maximum Gasteiger partial charge on any atom is 0.126 e. The van der Waals surface area contributed by atoms with E-state index in [0.717, 1.165) is 4.47 Å². The van der Waals surface area contributed by atoms with E-state index >= 15 is 0 Å². The van der Waals surface area contributed by atoms with Crippen molar-refractivity contribution in [3.05, 3.63) is 28.7 Å². The van der Waals surface area contributed by atoms with Crippen LogP contribution in [0.1, 0.15) is 13.3 Å². The van der Waals surface area contributed by atoms with E-state index in [1.807, 2.05) is 19.1 Å². The van der Waals surface area contributed by atoms with Gasteiger partial charge in [-0.3, -0.25) is 4.21 Å². The summed E-state index contributed by atoms with van der Waals surface area (Å²) in [7, 11) is -1.22. The van der Waals surface area contributed by atoms with E-state index in [1.54, 1.807) is 12.1 Å². The molecule has 0 amide bonds. The Bertz CT molecular complexity index is 386. The third-order valence-corrected chi connectivity index (χ3v) is 3.97. The Labute approximate surface area is 94.5 Å². The van der Waals surface area contributed by atoms with Crippen LogP contribution in [-0.4, -0.2) is 9.46 Å². The van der Waals surface area contributed by atoms with E-state index in [9.17, 15) is 4.21 Å². The number of nitrogens with zero attached hydrogens (tertiary/aromatic N) is 1. The maximum atomic E-state index is 11.8. The van der Waals surface area contributed by atoms with Crippen LogP contribution >= 0.6 is 15.9 Å². The lowest BCUT2D eigenvalue weighted by Crippen LogP contribution is -2.11. The zero-order valence-electron chi connectivity index (χ0n) is 7.74. The van der Waals surface area contributed by atoms with Crippen molar-refractivity contribution in [1.82, 2.24) is 0 Å². The van der Waals surface area contributed by atoms with Crippen molar-refractivity contribution in [2.24, 2.45) is 0 Å². The molecule has 0 fully saturated rings. The lowest BCUT2D eigenvalue weighted by atomic mass is 10.4. The monoisotopic (exact) mass is 271 g/mol. The van der Waals surface area contributed by atoms with E-state index in [0.29, 0.717) is 11.3 Å². The third-order valence-electron chi connectivity index (χ3n) is 1.80. The average molecular weight is 272 g/mol. The first-order valence-corrected chi connectivity index (χ1v) is 6.25. The highest BCUT2D eigenvalue weighted by atomic mass is 79.9. The van der Waals surface area contributed by atoms with Crippen LogP contribution in [0.2, 0.25) is 0 Å². The van der Waals surface area contributed by atoms with E-state index in [4.69, 9.17) is 5.26 Å². The Morgan fingerprint density at radius 3 is 2.86 bits per heavy atom. The van der Waals surface area contributed by atoms with Crippen molar-refractivity contribution in [2.45, 2.75) is 23.5 Å². The summed E-state index contributed by atoms with van der Waals surface area (Å²) in [4.78, 5) is 0.702. The fourth-order valence-electron chi connectivity index (χ4n) is 1.05. The Kier molecular flexibility index (Phi) is 4.30. The molecule has 0 aliphatic heterocycles.